The minimum atomic E-state index is 0.398. The fourth-order valence-corrected chi connectivity index (χ4v) is 2.96. The molecule has 0 saturated heterocycles. The largest absolute Gasteiger partial charge is 0.354 e. The standard InChI is InChI=1S/C14H22ClN3/c1-2-18(11-6-4-3-5-7-11)14-9-8-12(15)13(10-16)17-14/h8-9,11H,2-7,10,16H2,1H3. The molecule has 1 saturated carbocycles. The van der Waals surface area contributed by atoms with Gasteiger partial charge in [-0.05, 0) is 31.9 Å². The summed E-state index contributed by atoms with van der Waals surface area (Å²) in [6.07, 6.45) is 6.58. The van der Waals surface area contributed by atoms with Gasteiger partial charge in [-0.25, -0.2) is 4.98 Å². The first kappa shape index (κ1) is 13.6. The Balaban J connectivity index is 2.20. The molecule has 100 valence electrons. The van der Waals surface area contributed by atoms with Crippen LogP contribution in [0.5, 0.6) is 0 Å². The number of hydrogen-bond acceptors (Lipinski definition) is 3. The Morgan fingerprint density at radius 3 is 2.67 bits per heavy atom. The van der Waals surface area contributed by atoms with E-state index in [2.05, 4.69) is 16.8 Å². The first-order valence-corrected chi connectivity index (χ1v) is 7.26. The molecular weight excluding hydrogens is 246 g/mol. The van der Waals surface area contributed by atoms with Gasteiger partial charge in [-0.3, -0.25) is 0 Å². The molecule has 1 aromatic heterocycles. The van der Waals surface area contributed by atoms with Crippen LogP contribution in [0.3, 0.4) is 0 Å². The van der Waals surface area contributed by atoms with E-state index in [1.165, 1.54) is 32.1 Å². The number of aromatic nitrogens is 1. The summed E-state index contributed by atoms with van der Waals surface area (Å²) >= 11 is 6.07. The monoisotopic (exact) mass is 267 g/mol. The lowest BCUT2D eigenvalue weighted by atomic mass is 9.94. The van der Waals surface area contributed by atoms with E-state index in [0.29, 0.717) is 17.6 Å². The van der Waals surface area contributed by atoms with Crippen LogP contribution in [0.25, 0.3) is 0 Å². The molecule has 0 bridgehead atoms. The third-order valence-electron chi connectivity index (χ3n) is 3.75. The second-order valence-electron chi connectivity index (χ2n) is 4.88. The molecule has 0 aliphatic heterocycles. The van der Waals surface area contributed by atoms with Crippen LogP contribution in [0.4, 0.5) is 5.82 Å². The quantitative estimate of drug-likeness (QED) is 0.910. The molecule has 1 aliphatic rings. The van der Waals surface area contributed by atoms with Crippen molar-refractivity contribution in [3.63, 3.8) is 0 Å². The van der Waals surface area contributed by atoms with E-state index in [0.717, 1.165) is 18.1 Å². The Kier molecular flexibility index (Phi) is 4.84. The van der Waals surface area contributed by atoms with Gasteiger partial charge in [0, 0.05) is 19.1 Å². The summed E-state index contributed by atoms with van der Waals surface area (Å²) < 4.78 is 0. The molecule has 4 heteroatoms. The van der Waals surface area contributed by atoms with E-state index in [-0.39, 0.29) is 0 Å². The van der Waals surface area contributed by atoms with Crippen LogP contribution < -0.4 is 10.6 Å². The van der Waals surface area contributed by atoms with Gasteiger partial charge in [0.25, 0.3) is 0 Å². The van der Waals surface area contributed by atoms with Crippen LogP contribution in [-0.4, -0.2) is 17.6 Å². The van der Waals surface area contributed by atoms with E-state index in [1.807, 2.05) is 12.1 Å². The zero-order valence-corrected chi connectivity index (χ0v) is 11.8. The molecule has 1 aliphatic carbocycles. The molecule has 18 heavy (non-hydrogen) atoms. The Bertz CT molecular complexity index is 389. The van der Waals surface area contributed by atoms with Crippen molar-refractivity contribution in [2.24, 2.45) is 5.73 Å². The predicted molar refractivity (Wildman–Crippen MR) is 77.0 cm³/mol. The van der Waals surface area contributed by atoms with Crippen molar-refractivity contribution in [3.8, 4) is 0 Å². The summed E-state index contributed by atoms with van der Waals surface area (Å²) in [5, 5.41) is 0.668. The highest BCUT2D eigenvalue weighted by Crippen LogP contribution is 2.27. The molecular formula is C14H22ClN3. The summed E-state index contributed by atoms with van der Waals surface area (Å²) in [5.41, 5.74) is 6.47. The smallest absolute Gasteiger partial charge is 0.129 e. The molecule has 1 fully saturated rings. The molecule has 0 aromatic carbocycles. The topological polar surface area (TPSA) is 42.1 Å². The van der Waals surface area contributed by atoms with Gasteiger partial charge in [-0.1, -0.05) is 30.9 Å². The van der Waals surface area contributed by atoms with Gasteiger partial charge >= 0.3 is 0 Å². The lowest BCUT2D eigenvalue weighted by Gasteiger charge is -2.34. The Morgan fingerprint density at radius 2 is 2.06 bits per heavy atom. The molecule has 0 atom stereocenters. The van der Waals surface area contributed by atoms with Crippen LogP contribution in [0.2, 0.25) is 5.02 Å². The fourth-order valence-electron chi connectivity index (χ4n) is 2.78. The van der Waals surface area contributed by atoms with Crippen molar-refractivity contribution in [1.29, 1.82) is 0 Å². The molecule has 3 nitrogen and oxygen atoms in total. The summed E-state index contributed by atoms with van der Waals surface area (Å²) in [6.45, 7) is 3.57. The second-order valence-corrected chi connectivity index (χ2v) is 5.29. The maximum Gasteiger partial charge on any atom is 0.129 e. The molecule has 2 rings (SSSR count). The normalized spacial score (nSPS) is 16.8. The number of rotatable bonds is 4. The maximum absolute atomic E-state index is 6.07. The zero-order valence-electron chi connectivity index (χ0n) is 11.0. The Labute approximate surface area is 114 Å². The minimum absolute atomic E-state index is 0.398. The van der Waals surface area contributed by atoms with Crippen molar-refractivity contribution in [3.05, 3.63) is 22.8 Å². The molecule has 0 spiro atoms. The van der Waals surface area contributed by atoms with E-state index < -0.39 is 0 Å². The van der Waals surface area contributed by atoms with Crippen LogP contribution in [-0.2, 0) is 6.54 Å². The van der Waals surface area contributed by atoms with Gasteiger partial charge in [0.2, 0.25) is 0 Å². The minimum Gasteiger partial charge on any atom is -0.354 e. The SMILES string of the molecule is CCN(c1ccc(Cl)c(CN)n1)C1CCCCC1. The lowest BCUT2D eigenvalue weighted by Crippen LogP contribution is -2.37. The Morgan fingerprint density at radius 1 is 1.33 bits per heavy atom. The average Bonchev–Trinajstić information content (AvgIpc) is 2.42. The first-order valence-electron chi connectivity index (χ1n) is 6.88. The number of pyridine rings is 1. The molecule has 2 N–H and O–H groups in total. The lowest BCUT2D eigenvalue weighted by molar-refractivity contribution is 0.416. The van der Waals surface area contributed by atoms with Crippen LogP contribution in [0.15, 0.2) is 12.1 Å². The highest BCUT2D eigenvalue weighted by atomic mass is 35.5. The van der Waals surface area contributed by atoms with Gasteiger partial charge in [0.15, 0.2) is 0 Å². The number of halogens is 1. The Hall–Kier alpha value is -0.800. The second kappa shape index (κ2) is 6.39. The fraction of sp³-hybridized carbons (Fsp3) is 0.643. The number of nitrogens with zero attached hydrogens (tertiary/aromatic N) is 2. The van der Waals surface area contributed by atoms with Gasteiger partial charge in [0.05, 0.1) is 10.7 Å². The van der Waals surface area contributed by atoms with Gasteiger partial charge in [-0.2, -0.15) is 0 Å². The molecule has 0 amide bonds. The molecule has 1 heterocycles. The van der Waals surface area contributed by atoms with Gasteiger partial charge in [0.1, 0.15) is 5.82 Å². The number of nitrogens with two attached hydrogens (primary N) is 1. The van der Waals surface area contributed by atoms with Crippen molar-refractivity contribution < 1.29 is 0 Å². The molecule has 0 radical (unpaired) electrons. The molecule has 0 unspecified atom stereocenters. The average molecular weight is 268 g/mol. The summed E-state index contributed by atoms with van der Waals surface area (Å²) in [6, 6.07) is 4.56. The third-order valence-corrected chi connectivity index (χ3v) is 4.09. The maximum atomic E-state index is 6.07. The summed E-state index contributed by atoms with van der Waals surface area (Å²) in [5.74, 6) is 1.02. The summed E-state index contributed by atoms with van der Waals surface area (Å²) in [7, 11) is 0. The molecule has 1 aromatic rings. The highest BCUT2D eigenvalue weighted by molar-refractivity contribution is 6.31. The van der Waals surface area contributed by atoms with Crippen LogP contribution >= 0.6 is 11.6 Å². The van der Waals surface area contributed by atoms with Crippen LogP contribution in [0.1, 0.15) is 44.7 Å². The van der Waals surface area contributed by atoms with Crippen molar-refractivity contribution >= 4 is 17.4 Å². The van der Waals surface area contributed by atoms with E-state index in [9.17, 15) is 0 Å². The van der Waals surface area contributed by atoms with Crippen LogP contribution in [0, 0.1) is 0 Å². The van der Waals surface area contributed by atoms with E-state index in [4.69, 9.17) is 17.3 Å². The number of hydrogen-bond donors (Lipinski definition) is 1. The number of anilines is 1. The first-order chi connectivity index (χ1) is 8.76. The third kappa shape index (κ3) is 2.96. The zero-order chi connectivity index (χ0) is 13.0. The van der Waals surface area contributed by atoms with Crippen molar-refractivity contribution in [2.75, 3.05) is 11.4 Å². The van der Waals surface area contributed by atoms with Gasteiger partial charge in [-0.15, -0.1) is 0 Å². The highest BCUT2D eigenvalue weighted by Gasteiger charge is 2.21. The van der Waals surface area contributed by atoms with Gasteiger partial charge < -0.3 is 10.6 Å². The van der Waals surface area contributed by atoms with E-state index in [1.54, 1.807) is 0 Å². The van der Waals surface area contributed by atoms with Crippen molar-refractivity contribution in [1.82, 2.24) is 4.98 Å². The predicted octanol–water partition coefficient (Wildman–Crippen LogP) is 3.35. The van der Waals surface area contributed by atoms with E-state index >= 15 is 0 Å². The van der Waals surface area contributed by atoms with Crippen molar-refractivity contribution in [2.45, 2.75) is 51.6 Å². The summed E-state index contributed by atoms with van der Waals surface area (Å²) in [4.78, 5) is 7.00.